The molecule has 0 radical (unpaired) electrons. The molecule has 0 unspecified atom stereocenters. The van der Waals surface area contributed by atoms with Crippen molar-refractivity contribution in [3.8, 4) is 11.1 Å². The van der Waals surface area contributed by atoms with Crippen LogP contribution in [-0.2, 0) is 16.1 Å². The van der Waals surface area contributed by atoms with E-state index in [0.717, 1.165) is 55.4 Å². The van der Waals surface area contributed by atoms with E-state index in [1.54, 1.807) is 0 Å². The lowest BCUT2D eigenvalue weighted by atomic mass is 10.2. The fraction of sp³-hybridized carbons (Fsp3) is 0.583. The van der Waals surface area contributed by atoms with Gasteiger partial charge in [0, 0.05) is 55.9 Å². The molecule has 0 aromatic carbocycles. The number of carboxylic acids is 1. The van der Waals surface area contributed by atoms with Gasteiger partial charge in [-0.3, -0.25) is 4.79 Å². The molecule has 1 saturated carbocycles. The van der Waals surface area contributed by atoms with Crippen molar-refractivity contribution in [2.75, 3.05) is 58.4 Å². The highest BCUT2D eigenvalue weighted by atomic mass is 19.4. The van der Waals surface area contributed by atoms with Gasteiger partial charge in [-0.1, -0.05) is 0 Å². The first-order valence-electron chi connectivity index (χ1n) is 12.1. The second-order valence-electron chi connectivity index (χ2n) is 9.30. The van der Waals surface area contributed by atoms with Crippen LogP contribution in [-0.4, -0.2) is 96.1 Å². The lowest BCUT2D eigenvalue weighted by Crippen LogP contribution is -2.37. The molecule has 10 nitrogen and oxygen atoms in total. The molecule has 2 N–H and O–H groups in total. The molecule has 1 aliphatic heterocycles. The van der Waals surface area contributed by atoms with Crippen molar-refractivity contribution in [3.63, 3.8) is 0 Å². The van der Waals surface area contributed by atoms with Crippen LogP contribution in [0.25, 0.3) is 11.1 Å². The third kappa shape index (κ3) is 9.01. The number of ether oxygens (including phenoxy) is 1. The second-order valence-corrected chi connectivity index (χ2v) is 9.30. The quantitative estimate of drug-likeness (QED) is 0.480. The fourth-order valence-electron chi connectivity index (χ4n) is 3.67. The van der Waals surface area contributed by atoms with Gasteiger partial charge in [-0.05, 0) is 51.9 Å². The third-order valence-corrected chi connectivity index (χ3v) is 5.86. The van der Waals surface area contributed by atoms with Gasteiger partial charge in [0.15, 0.2) is 0 Å². The zero-order valence-corrected chi connectivity index (χ0v) is 21.0. The summed E-state index contributed by atoms with van der Waals surface area (Å²) in [6, 6.07) is 1.97. The maximum absolute atomic E-state index is 12.8. The minimum absolute atomic E-state index is 0.00786. The molecule has 2 aliphatic rings. The van der Waals surface area contributed by atoms with E-state index in [1.165, 1.54) is 12.8 Å². The van der Waals surface area contributed by atoms with Crippen LogP contribution < -0.4 is 10.2 Å². The average molecular weight is 527 g/mol. The van der Waals surface area contributed by atoms with E-state index in [4.69, 9.17) is 14.6 Å². The molecule has 4 rings (SSSR count). The standard InChI is InChI=1S/C22H32N6O2.C2HF3O2/c1-26(2)7-3-6-23-21(29)20-12-18(16-28(20)15-17-4-5-17)19-13-24-22(25-14-19)27-8-10-30-11-9-27;3-2(4,5)1(6)7/h12-14,16-17H,3-11,15H2,1-2H3,(H,23,29);(H,6,7). The molecule has 2 fully saturated rings. The molecule has 37 heavy (non-hydrogen) atoms. The van der Waals surface area contributed by atoms with Crippen LogP contribution in [0.2, 0.25) is 0 Å². The highest BCUT2D eigenvalue weighted by molar-refractivity contribution is 5.94. The van der Waals surface area contributed by atoms with Crippen molar-refractivity contribution in [2.24, 2.45) is 5.92 Å². The van der Waals surface area contributed by atoms with E-state index in [2.05, 4.69) is 35.8 Å². The predicted octanol–water partition coefficient (Wildman–Crippen LogP) is 2.51. The fourth-order valence-corrected chi connectivity index (χ4v) is 3.67. The number of hydrogen-bond donors (Lipinski definition) is 2. The number of alkyl halides is 3. The van der Waals surface area contributed by atoms with Gasteiger partial charge in [-0.2, -0.15) is 13.2 Å². The Bertz CT molecular complexity index is 1030. The van der Waals surface area contributed by atoms with E-state index < -0.39 is 12.1 Å². The van der Waals surface area contributed by atoms with Crippen molar-refractivity contribution >= 4 is 17.8 Å². The molecule has 13 heteroatoms. The molecule has 204 valence electrons. The molecule has 2 aromatic rings. The summed E-state index contributed by atoms with van der Waals surface area (Å²) in [5.41, 5.74) is 2.64. The van der Waals surface area contributed by atoms with E-state index in [0.29, 0.717) is 25.7 Å². The summed E-state index contributed by atoms with van der Waals surface area (Å²) in [4.78, 5) is 35.1. The maximum Gasteiger partial charge on any atom is 0.490 e. The number of nitrogens with one attached hydrogen (secondary N) is 1. The largest absolute Gasteiger partial charge is 0.490 e. The lowest BCUT2D eigenvalue weighted by molar-refractivity contribution is -0.192. The minimum atomic E-state index is -5.08. The van der Waals surface area contributed by atoms with Crippen molar-refractivity contribution in [1.29, 1.82) is 0 Å². The first-order chi connectivity index (χ1) is 17.5. The molecular formula is C24H33F3N6O4. The van der Waals surface area contributed by atoms with Crippen LogP contribution in [0.15, 0.2) is 24.7 Å². The summed E-state index contributed by atoms with van der Waals surface area (Å²) in [5.74, 6) is -1.34. The van der Waals surface area contributed by atoms with Gasteiger partial charge in [0.1, 0.15) is 5.69 Å². The van der Waals surface area contributed by atoms with Crippen molar-refractivity contribution in [1.82, 2.24) is 24.8 Å². The SMILES string of the molecule is CN(C)CCCNC(=O)c1cc(-c2cnc(N3CCOCC3)nc2)cn1CC1CC1.O=C(O)C(F)(F)F. The van der Waals surface area contributed by atoms with Crippen molar-refractivity contribution < 1.29 is 32.6 Å². The number of aromatic nitrogens is 3. The van der Waals surface area contributed by atoms with Crippen molar-refractivity contribution in [2.45, 2.75) is 32.0 Å². The Labute approximate surface area is 213 Å². The number of morpholine rings is 1. The van der Waals surface area contributed by atoms with Crippen LogP contribution in [0, 0.1) is 5.92 Å². The number of carbonyl (C=O) groups excluding carboxylic acids is 1. The number of aliphatic carboxylic acids is 1. The Morgan fingerprint density at radius 1 is 1.16 bits per heavy atom. The monoisotopic (exact) mass is 526 g/mol. The third-order valence-electron chi connectivity index (χ3n) is 5.86. The van der Waals surface area contributed by atoms with Gasteiger partial charge in [-0.15, -0.1) is 0 Å². The Balaban J connectivity index is 0.000000479. The normalized spacial score (nSPS) is 15.8. The summed E-state index contributed by atoms with van der Waals surface area (Å²) >= 11 is 0. The summed E-state index contributed by atoms with van der Waals surface area (Å²) in [7, 11) is 4.09. The summed E-state index contributed by atoms with van der Waals surface area (Å²) in [6.45, 7) is 5.59. The Morgan fingerprint density at radius 2 is 1.78 bits per heavy atom. The van der Waals surface area contributed by atoms with E-state index in [-0.39, 0.29) is 5.91 Å². The first-order valence-corrected chi connectivity index (χ1v) is 12.1. The average Bonchev–Trinajstić information content (AvgIpc) is 3.58. The van der Waals surface area contributed by atoms with Crippen LogP contribution >= 0.6 is 0 Å². The zero-order chi connectivity index (χ0) is 27.0. The number of carbonyl (C=O) groups is 2. The zero-order valence-electron chi connectivity index (χ0n) is 21.0. The molecule has 0 spiro atoms. The van der Waals surface area contributed by atoms with E-state index >= 15 is 0 Å². The minimum Gasteiger partial charge on any atom is -0.475 e. The van der Waals surface area contributed by atoms with E-state index in [1.807, 2.05) is 32.6 Å². The highest BCUT2D eigenvalue weighted by Gasteiger charge is 2.38. The number of carboxylic acid groups (broad SMARTS) is 1. The van der Waals surface area contributed by atoms with Crippen LogP contribution in [0.3, 0.4) is 0 Å². The number of rotatable bonds is 9. The summed E-state index contributed by atoms with van der Waals surface area (Å²) in [5, 5.41) is 10.2. The van der Waals surface area contributed by atoms with E-state index in [9.17, 15) is 18.0 Å². The number of anilines is 1. The number of amides is 1. The Hall–Kier alpha value is -3.19. The van der Waals surface area contributed by atoms with Crippen molar-refractivity contribution in [3.05, 3.63) is 30.4 Å². The first kappa shape index (κ1) is 28.4. The smallest absolute Gasteiger partial charge is 0.475 e. The summed E-state index contributed by atoms with van der Waals surface area (Å²) in [6.07, 6.45) is 4.12. The predicted molar refractivity (Wildman–Crippen MR) is 130 cm³/mol. The van der Waals surface area contributed by atoms with Crippen LogP contribution in [0.5, 0.6) is 0 Å². The Morgan fingerprint density at radius 3 is 2.32 bits per heavy atom. The number of hydrogen-bond acceptors (Lipinski definition) is 7. The summed E-state index contributed by atoms with van der Waals surface area (Å²) < 4.78 is 39.2. The molecule has 1 amide bonds. The number of nitrogens with zero attached hydrogens (tertiary/aromatic N) is 5. The van der Waals surface area contributed by atoms with Crippen LogP contribution in [0.1, 0.15) is 29.8 Å². The molecule has 0 atom stereocenters. The maximum atomic E-state index is 12.8. The number of halogens is 3. The van der Waals surface area contributed by atoms with Gasteiger partial charge in [0.25, 0.3) is 5.91 Å². The van der Waals surface area contributed by atoms with Crippen LogP contribution in [0.4, 0.5) is 19.1 Å². The topological polar surface area (TPSA) is 113 Å². The van der Waals surface area contributed by atoms with Gasteiger partial charge in [-0.25, -0.2) is 14.8 Å². The van der Waals surface area contributed by atoms with Gasteiger partial charge < -0.3 is 29.5 Å². The lowest BCUT2D eigenvalue weighted by Gasteiger charge is -2.26. The second kappa shape index (κ2) is 12.9. The molecular weight excluding hydrogens is 493 g/mol. The van der Waals surface area contributed by atoms with Gasteiger partial charge in [0.2, 0.25) is 5.95 Å². The molecule has 0 bridgehead atoms. The molecule has 1 aliphatic carbocycles. The highest BCUT2D eigenvalue weighted by Crippen LogP contribution is 2.32. The Kier molecular flexibility index (Phi) is 9.86. The molecule has 1 saturated heterocycles. The van der Waals surface area contributed by atoms with Gasteiger partial charge in [0.05, 0.1) is 13.2 Å². The molecule has 2 aromatic heterocycles. The molecule has 3 heterocycles. The van der Waals surface area contributed by atoms with Gasteiger partial charge >= 0.3 is 12.1 Å².